The predicted octanol–water partition coefficient (Wildman–Crippen LogP) is 2.20. The van der Waals surface area contributed by atoms with Crippen molar-refractivity contribution in [3.8, 4) is 6.07 Å². The van der Waals surface area contributed by atoms with Gasteiger partial charge in [0.25, 0.3) is 0 Å². The van der Waals surface area contributed by atoms with E-state index in [2.05, 4.69) is 32.1 Å². The number of pyridine rings is 1. The van der Waals surface area contributed by atoms with Crippen LogP contribution in [0.15, 0.2) is 18.5 Å². The summed E-state index contributed by atoms with van der Waals surface area (Å²) in [6.07, 6.45) is 5.34. The number of aromatic nitrogens is 4. The summed E-state index contributed by atoms with van der Waals surface area (Å²) in [4.78, 5) is 31.0. The molecule has 1 fully saturated rings. The number of rotatable bonds is 3. The number of aromatic amines is 1. The van der Waals surface area contributed by atoms with E-state index in [4.69, 9.17) is 10.2 Å². The maximum absolute atomic E-state index is 11.9. The Kier molecular flexibility index (Phi) is 4.36. The van der Waals surface area contributed by atoms with Crippen molar-refractivity contribution in [1.82, 2.24) is 25.3 Å². The molecule has 0 saturated carbocycles. The zero-order valence-electron chi connectivity index (χ0n) is 15.4. The highest BCUT2D eigenvalue weighted by Gasteiger charge is 2.29. The molecule has 0 aliphatic carbocycles. The second-order valence-electron chi connectivity index (χ2n) is 7.03. The van der Waals surface area contributed by atoms with Gasteiger partial charge in [0.15, 0.2) is 0 Å². The first kappa shape index (κ1) is 17.2. The van der Waals surface area contributed by atoms with E-state index in [1.807, 2.05) is 25.3 Å². The Balaban J connectivity index is 1.76. The van der Waals surface area contributed by atoms with Crippen molar-refractivity contribution < 1.29 is 4.79 Å². The molecule has 8 heteroatoms. The summed E-state index contributed by atoms with van der Waals surface area (Å²) in [5.74, 6) is 1.34. The SMILES string of the molecule is Cc1nc(N2CC(NC(=O)CC#N)CCC2C)c2c(cnc3[nH]ccc32)n1. The number of piperidine rings is 1. The number of amides is 1. The third-order valence-electron chi connectivity index (χ3n) is 5.10. The molecule has 0 bridgehead atoms. The Morgan fingerprint density at radius 2 is 2.30 bits per heavy atom. The molecule has 0 aromatic carbocycles. The monoisotopic (exact) mass is 363 g/mol. The quantitative estimate of drug-likeness (QED) is 0.738. The summed E-state index contributed by atoms with van der Waals surface area (Å²) in [7, 11) is 0. The number of carbonyl (C=O) groups excluding carboxylic acids is 1. The van der Waals surface area contributed by atoms with Gasteiger partial charge in [-0.05, 0) is 32.8 Å². The number of hydrogen-bond acceptors (Lipinski definition) is 6. The lowest BCUT2D eigenvalue weighted by Crippen LogP contribution is -2.51. The van der Waals surface area contributed by atoms with E-state index >= 15 is 0 Å². The van der Waals surface area contributed by atoms with E-state index in [0.717, 1.165) is 40.6 Å². The number of nitriles is 1. The molecule has 3 aromatic rings. The highest BCUT2D eigenvalue weighted by atomic mass is 16.1. The van der Waals surface area contributed by atoms with Gasteiger partial charge >= 0.3 is 0 Å². The van der Waals surface area contributed by atoms with Crippen molar-refractivity contribution in [2.75, 3.05) is 11.4 Å². The average Bonchev–Trinajstić information content (AvgIpc) is 3.11. The van der Waals surface area contributed by atoms with Crippen molar-refractivity contribution in [3.05, 3.63) is 24.3 Å². The Hall–Kier alpha value is -3.21. The number of nitrogens with zero attached hydrogens (tertiary/aromatic N) is 5. The second-order valence-corrected chi connectivity index (χ2v) is 7.03. The van der Waals surface area contributed by atoms with Crippen LogP contribution in [-0.2, 0) is 4.79 Å². The van der Waals surface area contributed by atoms with Crippen molar-refractivity contribution in [3.63, 3.8) is 0 Å². The van der Waals surface area contributed by atoms with E-state index in [1.54, 1.807) is 6.20 Å². The fourth-order valence-electron chi connectivity index (χ4n) is 3.80. The van der Waals surface area contributed by atoms with Crippen LogP contribution in [0.4, 0.5) is 5.82 Å². The first-order valence-electron chi connectivity index (χ1n) is 9.10. The minimum Gasteiger partial charge on any atom is -0.351 e. The molecular weight excluding hydrogens is 342 g/mol. The minimum atomic E-state index is -0.224. The molecule has 2 N–H and O–H groups in total. The van der Waals surface area contributed by atoms with Gasteiger partial charge in [0.2, 0.25) is 5.91 Å². The third kappa shape index (κ3) is 3.16. The van der Waals surface area contributed by atoms with E-state index in [9.17, 15) is 4.79 Å². The van der Waals surface area contributed by atoms with Crippen LogP contribution in [0.25, 0.3) is 21.9 Å². The second kappa shape index (κ2) is 6.83. The average molecular weight is 363 g/mol. The lowest BCUT2D eigenvalue weighted by molar-refractivity contribution is -0.120. The molecule has 4 rings (SSSR count). The topological polar surface area (TPSA) is 111 Å². The number of aryl methyl sites for hydroxylation is 1. The fraction of sp³-hybridized carbons (Fsp3) is 0.421. The minimum absolute atomic E-state index is 0.00377. The molecule has 1 saturated heterocycles. The summed E-state index contributed by atoms with van der Waals surface area (Å²) >= 11 is 0. The molecule has 8 nitrogen and oxygen atoms in total. The number of H-pyrrole nitrogens is 1. The number of nitrogens with one attached hydrogen (secondary N) is 2. The summed E-state index contributed by atoms with van der Waals surface area (Å²) in [6, 6.07) is 4.18. The Bertz CT molecular complexity index is 1050. The number of anilines is 1. The van der Waals surface area contributed by atoms with Crippen LogP contribution in [0.1, 0.15) is 32.0 Å². The van der Waals surface area contributed by atoms with E-state index in [-0.39, 0.29) is 24.4 Å². The van der Waals surface area contributed by atoms with Crippen LogP contribution in [-0.4, -0.2) is 44.5 Å². The van der Waals surface area contributed by atoms with E-state index in [1.165, 1.54) is 0 Å². The Morgan fingerprint density at radius 3 is 3.11 bits per heavy atom. The number of hydrogen-bond donors (Lipinski definition) is 2. The molecular formula is C19H21N7O. The van der Waals surface area contributed by atoms with Crippen molar-refractivity contribution >= 4 is 33.7 Å². The fourth-order valence-corrected chi connectivity index (χ4v) is 3.80. The molecule has 2 atom stereocenters. The number of fused-ring (bicyclic) bond motifs is 3. The Labute approximate surface area is 156 Å². The van der Waals surface area contributed by atoms with Gasteiger partial charge in [0, 0.05) is 30.2 Å². The highest BCUT2D eigenvalue weighted by molar-refractivity contribution is 6.09. The lowest BCUT2D eigenvalue weighted by atomic mass is 9.98. The van der Waals surface area contributed by atoms with Gasteiger partial charge in [0.05, 0.1) is 23.2 Å². The smallest absolute Gasteiger partial charge is 0.234 e. The zero-order chi connectivity index (χ0) is 19.0. The van der Waals surface area contributed by atoms with Crippen molar-refractivity contribution in [1.29, 1.82) is 5.26 Å². The molecule has 27 heavy (non-hydrogen) atoms. The molecule has 2 unspecified atom stereocenters. The van der Waals surface area contributed by atoms with Crippen LogP contribution in [0, 0.1) is 18.3 Å². The molecule has 3 aromatic heterocycles. The van der Waals surface area contributed by atoms with Gasteiger partial charge in [-0.15, -0.1) is 0 Å². The maximum Gasteiger partial charge on any atom is 0.234 e. The summed E-state index contributed by atoms with van der Waals surface area (Å²) in [5, 5.41) is 13.7. The first-order chi connectivity index (χ1) is 13.1. The summed E-state index contributed by atoms with van der Waals surface area (Å²) in [5.41, 5.74) is 1.62. The first-order valence-corrected chi connectivity index (χ1v) is 9.10. The molecule has 1 aliphatic rings. The van der Waals surface area contributed by atoms with Crippen molar-refractivity contribution in [2.45, 2.75) is 45.2 Å². The largest absolute Gasteiger partial charge is 0.351 e. The predicted molar refractivity (Wildman–Crippen MR) is 102 cm³/mol. The molecule has 138 valence electrons. The van der Waals surface area contributed by atoms with Gasteiger partial charge in [-0.25, -0.2) is 15.0 Å². The molecule has 4 heterocycles. The lowest BCUT2D eigenvalue weighted by Gasteiger charge is -2.39. The van der Waals surface area contributed by atoms with Crippen LogP contribution in [0.5, 0.6) is 0 Å². The zero-order valence-corrected chi connectivity index (χ0v) is 15.4. The molecule has 1 aliphatic heterocycles. The van der Waals surface area contributed by atoms with Crippen LogP contribution < -0.4 is 10.2 Å². The van der Waals surface area contributed by atoms with Gasteiger partial charge in [-0.2, -0.15) is 5.26 Å². The van der Waals surface area contributed by atoms with E-state index < -0.39 is 0 Å². The van der Waals surface area contributed by atoms with Crippen LogP contribution in [0.3, 0.4) is 0 Å². The number of carbonyl (C=O) groups is 1. The van der Waals surface area contributed by atoms with Gasteiger partial charge in [-0.1, -0.05) is 0 Å². The maximum atomic E-state index is 11.9. The van der Waals surface area contributed by atoms with Gasteiger partial charge in [0.1, 0.15) is 23.7 Å². The van der Waals surface area contributed by atoms with Crippen LogP contribution >= 0.6 is 0 Å². The molecule has 0 spiro atoms. The van der Waals surface area contributed by atoms with Gasteiger partial charge < -0.3 is 15.2 Å². The third-order valence-corrected chi connectivity index (χ3v) is 5.10. The Morgan fingerprint density at radius 1 is 1.44 bits per heavy atom. The summed E-state index contributed by atoms with van der Waals surface area (Å²) in [6.45, 7) is 4.70. The van der Waals surface area contributed by atoms with Crippen LogP contribution in [0.2, 0.25) is 0 Å². The standard InChI is InChI=1S/C19H21N7O/c1-11-3-4-13(25-16(27)5-7-20)10-26(11)19-17-14-6-8-21-18(14)22-9-15(17)23-12(2)24-19/h6,8-9,11,13H,3-5,10H2,1-2H3,(H,21,22)(H,25,27). The molecule has 0 radical (unpaired) electrons. The van der Waals surface area contributed by atoms with E-state index in [0.29, 0.717) is 12.4 Å². The normalized spacial score (nSPS) is 20.0. The molecule has 1 amide bonds. The highest BCUT2D eigenvalue weighted by Crippen LogP contribution is 2.33. The summed E-state index contributed by atoms with van der Waals surface area (Å²) < 4.78 is 0. The van der Waals surface area contributed by atoms with Gasteiger partial charge in [-0.3, -0.25) is 4.79 Å². The van der Waals surface area contributed by atoms with Crippen molar-refractivity contribution in [2.24, 2.45) is 0 Å².